The van der Waals surface area contributed by atoms with Gasteiger partial charge in [0, 0.05) is 31.5 Å². The summed E-state index contributed by atoms with van der Waals surface area (Å²) in [4.78, 5) is 9.08. The van der Waals surface area contributed by atoms with Crippen LogP contribution in [0.25, 0.3) is 0 Å². The van der Waals surface area contributed by atoms with Crippen LogP contribution in [0.3, 0.4) is 0 Å². The van der Waals surface area contributed by atoms with E-state index in [1.807, 2.05) is 6.07 Å². The molecule has 0 N–H and O–H groups in total. The molecule has 1 fully saturated rings. The van der Waals surface area contributed by atoms with Crippen molar-refractivity contribution in [3.63, 3.8) is 0 Å². The first-order valence-corrected chi connectivity index (χ1v) is 8.82. The SMILES string of the molecule is Clc1cc(N2CCCN(CCCc3ccccc3)CC2)ccn1. The van der Waals surface area contributed by atoms with Crippen molar-refractivity contribution in [2.24, 2.45) is 0 Å². The number of anilines is 1. The summed E-state index contributed by atoms with van der Waals surface area (Å²) >= 11 is 6.01. The van der Waals surface area contributed by atoms with Crippen molar-refractivity contribution in [1.29, 1.82) is 0 Å². The smallest absolute Gasteiger partial charge is 0.131 e. The average Bonchev–Trinajstić information content (AvgIpc) is 2.82. The summed E-state index contributed by atoms with van der Waals surface area (Å²) in [7, 11) is 0. The third kappa shape index (κ3) is 4.95. The third-order valence-corrected chi connectivity index (χ3v) is 4.65. The van der Waals surface area contributed by atoms with Crippen LogP contribution in [0.1, 0.15) is 18.4 Å². The Kier molecular flexibility index (Phi) is 5.89. The molecule has 0 amide bonds. The molecule has 1 aliphatic rings. The minimum Gasteiger partial charge on any atom is -0.370 e. The zero-order chi connectivity index (χ0) is 15.9. The summed E-state index contributed by atoms with van der Waals surface area (Å²) in [6.07, 6.45) is 5.39. The molecule has 0 spiro atoms. The molecular weight excluding hydrogens is 306 g/mol. The molecule has 1 saturated heterocycles. The molecule has 23 heavy (non-hydrogen) atoms. The largest absolute Gasteiger partial charge is 0.370 e. The van der Waals surface area contributed by atoms with E-state index in [1.165, 1.54) is 43.6 Å². The Morgan fingerprint density at radius 2 is 1.87 bits per heavy atom. The normalized spacial score (nSPS) is 16.3. The van der Waals surface area contributed by atoms with Crippen molar-refractivity contribution in [2.75, 3.05) is 37.6 Å². The number of nitrogens with zero attached hydrogens (tertiary/aromatic N) is 3. The summed E-state index contributed by atoms with van der Waals surface area (Å²) in [5.74, 6) is 0. The lowest BCUT2D eigenvalue weighted by Gasteiger charge is -2.23. The highest BCUT2D eigenvalue weighted by molar-refractivity contribution is 6.29. The zero-order valence-electron chi connectivity index (χ0n) is 13.5. The van der Waals surface area contributed by atoms with Gasteiger partial charge < -0.3 is 9.80 Å². The van der Waals surface area contributed by atoms with Gasteiger partial charge in [-0.3, -0.25) is 0 Å². The maximum Gasteiger partial charge on any atom is 0.131 e. The van der Waals surface area contributed by atoms with Crippen LogP contribution in [-0.2, 0) is 6.42 Å². The van der Waals surface area contributed by atoms with Crippen molar-refractivity contribution in [1.82, 2.24) is 9.88 Å². The van der Waals surface area contributed by atoms with Gasteiger partial charge in [0.15, 0.2) is 0 Å². The van der Waals surface area contributed by atoms with Crippen molar-refractivity contribution in [3.05, 3.63) is 59.4 Å². The minimum absolute atomic E-state index is 0.575. The molecule has 0 aliphatic carbocycles. The second kappa shape index (κ2) is 8.32. The quantitative estimate of drug-likeness (QED) is 0.776. The van der Waals surface area contributed by atoms with E-state index in [0.717, 1.165) is 19.6 Å². The molecule has 0 bridgehead atoms. The van der Waals surface area contributed by atoms with E-state index < -0.39 is 0 Å². The Hall–Kier alpha value is -1.58. The predicted octanol–water partition coefficient (Wildman–Crippen LogP) is 3.88. The summed E-state index contributed by atoms with van der Waals surface area (Å²) in [5, 5.41) is 0.575. The average molecular weight is 330 g/mol. The van der Waals surface area contributed by atoms with Crippen molar-refractivity contribution in [2.45, 2.75) is 19.3 Å². The standard InChI is InChI=1S/C19H24ClN3/c20-19-16-18(9-10-21-19)23-13-5-12-22(14-15-23)11-4-8-17-6-2-1-3-7-17/h1-3,6-7,9-10,16H,4-5,8,11-15H2. The van der Waals surface area contributed by atoms with Crippen LogP contribution in [0.4, 0.5) is 5.69 Å². The van der Waals surface area contributed by atoms with E-state index in [0.29, 0.717) is 5.15 Å². The van der Waals surface area contributed by atoms with Gasteiger partial charge in [-0.05, 0) is 50.0 Å². The topological polar surface area (TPSA) is 19.4 Å². The Bertz CT molecular complexity index is 603. The number of hydrogen-bond acceptors (Lipinski definition) is 3. The van der Waals surface area contributed by atoms with Gasteiger partial charge in [0.25, 0.3) is 0 Å². The lowest BCUT2D eigenvalue weighted by molar-refractivity contribution is 0.290. The highest BCUT2D eigenvalue weighted by Gasteiger charge is 2.15. The van der Waals surface area contributed by atoms with Gasteiger partial charge in [-0.2, -0.15) is 0 Å². The number of hydrogen-bond donors (Lipinski definition) is 0. The van der Waals surface area contributed by atoms with Crippen LogP contribution >= 0.6 is 11.6 Å². The lowest BCUT2D eigenvalue weighted by atomic mass is 10.1. The molecule has 2 aromatic rings. The lowest BCUT2D eigenvalue weighted by Crippen LogP contribution is -2.31. The molecule has 1 aliphatic heterocycles. The Labute approximate surface area is 143 Å². The second-order valence-electron chi connectivity index (χ2n) is 6.11. The van der Waals surface area contributed by atoms with E-state index in [9.17, 15) is 0 Å². The summed E-state index contributed by atoms with van der Waals surface area (Å²) in [6, 6.07) is 14.8. The van der Waals surface area contributed by atoms with Gasteiger partial charge in [-0.1, -0.05) is 41.9 Å². The minimum atomic E-state index is 0.575. The molecule has 3 rings (SSSR count). The fourth-order valence-corrected chi connectivity index (χ4v) is 3.36. The van der Waals surface area contributed by atoms with Crippen LogP contribution in [0.5, 0.6) is 0 Å². The van der Waals surface area contributed by atoms with Gasteiger partial charge in [0.2, 0.25) is 0 Å². The number of halogens is 1. The molecule has 0 radical (unpaired) electrons. The van der Waals surface area contributed by atoms with Gasteiger partial charge in [0.05, 0.1) is 0 Å². The molecule has 122 valence electrons. The molecule has 0 atom stereocenters. The van der Waals surface area contributed by atoms with Crippen LogP contribution in [0, 0.1) is 0 Å². The van der Waals surface area contributed by atoms with E-state index in [4.69, 9.17) is 11.6 Å². The predicted molar refractivity (Wildman–Crippen MR) is 97.3 cm³/mol. The molecule has 4 heteroatoms. The van der Waals surface area contributed by atoms with E-state index in [1.54, 1.807) is 6.20 Å². The Morgan fingerprint density at radius 1 is 1.00 bits per heavy atom. The zero-order valence-corrected chi connectivity index (χ0v) is 14.3. The monoisotopic (exact) mass is 329 g/mol. The number of pyridine rings is 1. The molecule has 3 nitrogen and oxygen atoms in total. The summed E-state index contributed by atoms with van der Waals surface area (Å²) in [5.41, 5.74) is 2.63. The fraction of sp³-hybridized carbons (Fsp3) is 0.421. The maximum absolute atomic E-state index is 6.01. The molecule has 2 heterocycles. The van der Waals surface area contributed by atoms with Crippen molar-refractivity contribution in [3.8, 4) is 0 Å². The maximum atomic E-state index is 6.01. The van der Waals surface area contributed by atoms with Gasteiger partial charge in [0.1, 0.15) is 5.15 Å². The Morgan fingerprint density at radius 3 is 2.70 bits per heavy atom. The van der Waals surface area contributed by atoms with Crippen molar-refractivity contribution < 1.29 is 0 Å². The third-order valence-electron chi connectivity index (χ3n) is 4.45. The van der Waals surface area contributed by atoms with Gasteiger partial charge in [-0.25, -0.2) is 4.98 Å². The van der Waals surface area contributed by atoms with Crippen LogP contribution in [0.15, 0.2) is 48.7 Å². The molecule has 0 saturated carbocycles. The molecule has 1 aromatic carbocycles. The van der Waals surface area contributed by atoms with E-state index in [-0.39, 0.29) is 0 Å². The summed E-state index contributed by atoms with van der Waals surface area (Å²) in [6.45, 7) is 5.64. The van der Waals surface area contributed by atoms with Crippen LogP contribution in [0.2, 0.25) is 5.15 Å². The first-order valence-electron chi connectivity index (χ1n) is 8.44. The number of aromatic nitrogens is 1. The highest BCUT2D eigenvalue weighted by Crippen LogP contribution is 2.19. The fourth-order valence-electron chi connectivity index (χ4n) is 3.19. The number of benzene rings is 1. The molecular formula is C19H24ClN3. The van der Waals surface area contributed by atoms with Crippen LogP contribution in [-0.4, -0.2) is 42.6 Å². The number of aryl methyl sites for hydroxylation is 1. The number of rotatable bonds is 5. The first-order chi connectivity index (χ1) is 11.3. The molecule has 0 unspecified atom stereocenters. The summed E-state index contributed by atoms with van der Waals surface area (Å²) < 4.78 is 0. The van der Waals surface area contributed by atoms with E-state index in [2.05, 4.69) is 51.2 Å². The molecule has 1 aromatic heterocycles. The van der Waals surface area contributed by atoms with Crippen molar-refractivity contribution >= 4 is 17.3 Å². The first kappa shape index (κ1) is 16.3. The van der Waals surface area contributed by atoms with Crippen LogP contribution < -0.4 is 4.90 Å². The second-order valence-corrected chi connectivity index (χ2v) is 6.50. The van der Waals surface area contributed by atoms with E-state index >= 15 is 0 Å². The highest BCUT2D eigenvalue weighted by atomic mass is 35.5. The van der Waals surface area contributed by atoms with Gasteiger partial charge in [-0.15, -0.1) is 0 Å². The van der Waals surface area contributed by atoms with Gasteiger partial charge >= 0.3 is 0 Å². The Balaban J connectivity index is 1.47.